The monoisotopic (exact) mass is 325 g/mol. The van der Waals surface area contributed by atoms with Gasteiger partial charge in [-0.25, -0.2) is 0 Å². The minimum atomic E-state index is 0.176. The molecule has 2 aromatic heterocycles. The lowest BCUT2D eigenvalue weighted by Gasteiger charge is -2.26. The summed E-state index contributed by atoms with van der Waals surface area (Å²) in [5.41, 5.74) is 5.75. The number of aromatic nitrogens is 3. The standard InChI is InChI=1S/C11H12BrN5O2/c12-7-1-4-19-8(7)9-14-10(13)16-11(15-9)17-2-5-18-6-3-17/h1,4H,2-3,5-6H2,(H2,13,14,15,16). The van der Waals surface area contributed by atoms with Crippen LogP contribution in [0.4, 0.5) is 11.9 Å². The average Bonchev–Trinajstić information content (AvgIpc) is 2.85. The largest absolute Gasteiger partial charge is 0.460 e. The topological polar surface area (TPSA) is 90.3 Å². The number of morpholine rings is 1. The van der Waals surface area contributed by atoms with E-state index in [4.69, 9.17) is 14.9 Å². The molecule has 8 heteroatoms. The first-order valence-electron chi connectivity index (χ1n) is 5.81. The van der Waals surface area contributed by atoms with Crippen LogP contribution in [0.5, 0.6) is 0 Å². The molecule has 0 saturated carbocycles. The molecule has 1 fully saturated rings. The van der Waals surface area contributed by atoms with Crippen molar-refractivity contribution in [3.63, 3.8) is 0 Å². The highest BCUT2D eigenvalue weighted by atomic mass is 79.9. The van der Waals surface area contributed by atoms with Crippen molar-refractivity contribution in [3.8, 4) is 11.6 Å². The van der Waals surface area contributed by atoms with Crippen LogP contribution in [-0.2, 0) is 4.74 Å². The molecule has 0 radical (unpaired) electrons. The van der Waals surface area contributed by atoms with Crippen LogP contribution in [0.25, 0.3) is 11.6 Å². The maximum Gasteiger partial charge on any atom is 0.230 e. The Morgan fingerprint density at radius 1 is 1.21 bits per heavy atom. The summed E-state index contributed by atoms with van der Waals surface area (Å²) in [5.74, 6) is 1.69. The van der Waals surface area contributed by atoms with E-state index in [1.807, 2.05) is 4.90 Å². The molecular formula is C11H12BrN5O2. The number of anilines is 2. The predicted octanol–water partition coefficient (Wildman–Crippen LogP) is 1.31. The maximum absolute atomic E-state index is 5.75. The van der Waals surface area contributed by atoms with Crippen molar-refractivity contribution < 1.29 is 9.15 Å². The zero-order valence-corrected chi connectivity index (χ0v) is 11.6. The quantitative estimate of drug-likeness (QED) is 0.890. The summed E-state index contributed by atoms with van der Waals surface area (Å²) in [6, 6.07) is 1.78. The summed E-state index contributed by atoms with van der Waals surface area (Å²) < 4.78 is 11.4. The lowest BCUT2D eigenvalue weighted by Crippen LogP contribution is -2.37. The fourth-order valence-corrected chi connectivity index (χ4v) is 2.22. The van der Waals surface area contributed by atoms with E-state index in [-0.39, 0.29) is 5.95 Å². The Morgan fingerprint density at radius 2 is 2.00 bits per heavy atom. The SMILES string of the molecule is Nc1nc(-c2occc2Br)nc(N2CCOCC2)n1. The van der Waals surface area contributed by atoms with Crippen molar-refractivity contribution in [2.24, 2.45) is 0 Å². The van der Waals surface area contributed by atoms with Crippen molar-refractivity contribution in [2.45, 2.75) is 0 Å². The Bertz CT molecular complexity index is 582. The molecule has 1 aliphatic heterocycles. The van der Waals surface area contributed by atoms with Crippen LogP contribution in [0.1, 0.15) is 0 Å². The predicted molar refractivity (Wildman–Crippen MR) is 72.7 cm³/mol. The van der Waals surface area contributed by atoms with Gasteiger partial charge in [0.15, 0.2) is 5.76 Å². The number of nitrogens with two attached hydrogens (primary N) is 1. The Balaban J connectivity index is 1.98. The van der Waals surface area contributed by atoms with E-state index in [9.17, 15) is 0 Å². The lowest BCUT2D eigenvalue weighted by atomic mass is 10.4. The summed E-state index contributed by atoms with van der Waals surface area (Å²) in [7, 11) is 0. The second kappa shape index (κ2) is 5.14. The number of nitrogen functional groups attached to an aromatic ring is 1. The fraction of sp³-hybridized carbons (Fsp3) is 0.364. The molecular weight excluding hydrogens is 314 g/mol. The second-order valence-electron chi connectivity index (χ2n) is 4.01. The van der Waals surface area contributed by atoms with Crippen molar-refractivity contribution in [1.29, 1.82) is 0 Å². The van der Waals surface area contributed by atoms with Gasteiger partial charge in [0, 0.05) is 13.1 Å². The van der Waals surface area contributed by atoms with E-state index in [1.165, 1.54) is 0 Å². The van der Waals surface area contributed by atoms with Gasteiger partial charge in [-0.05, 0) is 22.0 Å². The van der Waals surface area contributed by atoms with Gasteiger partial charge in [-0.1, -0.05) is 0 Å². The van der Waals surface area contributed by atoms with Crippen molar-refractivity contribution >= 4 is 27.8 Å². The molecule has 0 aromatic carbocycles. The molecule has 0 spiro atoms. The summed E-state index contributed by atoms with van der Waals surface area (Å²) in [6.45, 7) is 2.79. The molecule has 0 amide bonds. The zero-order valence-electron chi connectivity index (χ0n) is 10.0. The first kappa shape index (κ1) is 12.4. The van der Waals surface area contributed by atoms with Crippen LogP contribution in [0, 0.1) is 0 Å². The highest BCUT2D eigenvalue weighted by molar-refractivity contribution is 9.10. The summed E-state index contributed by atoms with van der Waals surface area (Å²) in [5, 5.41) is 0. The van der Waals surface area contributed by atoms with E-state index >= 15 is 0 Å². The minimum absolute atomic E-state index is 0.176. The number of nitrogens with zero attached hydrogens (tertiary/aromatic N) is 4. The maximum atomic E-state index is 5.75. The fourth-order valence-electron chi connectivity index (χ4n) is 1.84. The number of furan rings is 1. The van der Waals surface area contributed by atoms with Gasteiger partial charge < -0.3 is 19.8 Å². The molecule has 0 atom stereocenters. The van der Waals surface area contributed by atoms with E-state index in [0.717, 1.165) is 17.6 Å². The van der Waals surface area contributed by atoms with Crippen molar-refractivity contribution in [2.75, 3.05) is 36.9 Å². The first-order chi connectivity index (χ1) is 9.24. The molecule has 1 saturated heterocycles. The lowest BCUT2D eigenvalue weighted by molar-refractivity contribution is 0.122. The Morgan fingerprint density at radius 3 is 2.68 bits per heavy atom. The van der Waals surface area contributed by atoms with E-state index in [0.29, 0.717) is 30.7 Å². The van der Waals surface area contributed by atoms with Gasteiger partial charge in [-0.15, -0.1) is 0 Å². The molecule has 2 N–H and O–H groups in total. The van der Waals surface area contributed by atoms with Gasteiger partial charge in [0.25, 0.3) is 0 Å². The average molecular weight is 326 g/mol. The number of halogens is 1. The van der Waals surface area contributed by atoms with Crippen LogP contribution in [0.15, 0.2) is 21.2 Å². The van der Waals surface area contributed by atoms with Crippen LogP contribution in [-0.4, -0.2) is 41.3 Å². The van der Waals surface area contributed by atoms with Gasteiger partial charge in [0.05, 0.1) is 23.9 Å². The Labute approximate surface area is 117 Å². The molecule has 19 heavy (non-hydrogen) atoms. The molecule has 1 aliphatic rings. The van der Waals surface area contributed by atoms with E-state index < -0.39 is 0 Å². The van der Waals surface area contributed by atoms with Crippen molar-refractivity contribution in [3.05, 3.63) is 16.8 Å². The normalized spacial score (nSPS) is 15.7. The Kier molecular flexibility index (Phi) is 3.34. The summed E-state index contributed by atoms with van der Waals surface area (Å²) in [6.07, 6.45) is 1.56. The minimum Gasteiger partial charge on any atom is -0.460 e. The third-order valence-electron chi connectivity index (χ3n) is 2.76. The number of hydrogen-bond donors (Lipinski definition) is 1. The Hall–Kier alpha value is -1.67. The number of ether oxygens (including phenoxy) is 1. The zero-order chi connectivity index (χ0) is 13.2. The van der Waals surface area contributed by atoms with Gasteiger partial charge in [0.2, 0.25) is 17.7 Å². The summed E-state index contributed by atoms with van der Waals surface area (Å²) >= 11 is 3.38. The second-order valence-corrected chi connectivity index (χ2v) is 4.87. The van der Waals surface area contributed by atoms with E-state index in [2.05, 4.69) is 30.9 Å². The third kappa shape index (κ3) is 2.54. The van der Waals surface area contributed by atoms with Crippen LogP contribution in [0.2, 0.25) is 0 Å². The molecule has 3 heterocycles. The van der Waals surface area contributed by atoms with Crippen LogP contribution < -0.4 is 10.6 Å². The molecule has 100 valence electrons. The molecule has 3 rings (SSSR count). The highest BCUT2D eigenvalue weighted by Gasteiger charge is 2.18. The summed E-state index contributed by atoms with van der Waals surface area (Å²) in [4.78, 5) is 14.7. The van der Waals surface area contributed by atoms with Gasteiger partial charge in [-0.3, -0.25) is 0 Å². The third-order valence-corrected chi connectivity index (χ3v) is 3.38. The highest BCUT2D eigenvalue weighted by Crippen LogP contribution is 2.27. The number of hydrogen-bond acceptors (Lipinski definition) is 7. The van der Waals surface area contributed by atoms with Crippen molar-refractivity contribution in [1.82, 2.24) is 15.0 Å². The van der Waals surface area contributed by atoms with Crippen LogP contribution >= 0.6 is 15.9 Å². The van der Waals surface area contributed by atoms with Gasteiger partial charge in [-0.2, -0.15) is 15.0 Å². The van der Waals surface area contributed by atoms with Gasteiger partial charge in [0.1, 0.15) is 0 Å². The smallest absolute Gasteiger partial charge is 0.230 e. The molecule has 0 unspecified atom stereocenters. The number of rotatable bonds is 2. The molecule has 0 aliphatic carbocycles. The molecule has 0 bridgehead atoms. The van der Waals surface area contributed by atoms with Crippen LogP contribution in [0.3, 0.4) is 0 Å². The van der Waals surface area contributed by atoms with Gasteiger partial charge >= 0.3 is 0 Å². The van der Waals surface area contributed by atoms with E-state index in [1.54, 1.807) is 12.3 Å². The molecule has 2 aromatic rings. The molecule has 7 nitrogen and oxygen atoms in total. The first-order valence-corrected chi connectivity index (χ1v) is 6.61.